The Morgan fingerprint density at radius 1 is 1.38 bits per heavy atom. The lowest BCUT2D eigenvalue weighted by Crippen LogP contribution is -2.38. The summed E-state index contributed by atoms with van der Waals surface area (Å²) in [4.78, 5) is 2.71. The molecule has 0 spiro atoms. The zero-order valence-corrected chi connectivity index (χ0v) is 11.5. The van der Waals surface area contributed by atoms with Crippen molar-refractivity contribution in [1.29, 1.82) is 0 Å². The van der Waals surface area contributed by atoms with Gasteiger partial charge in [0, 0.05) is 19.3 Å². The van der Waals surface area contributed by atoms with Crippen molar-refractivity contribution in [1.82, 2.24) is 9.29 Å². The van der Waals surface area contributed by atoms with Crippen LogP contribution < -0.4 is 0 Å². The Hall–Kier alpha value is -1.23. The maximum atomic E-state index is 12.4. The second-order valence-corrected chi connectivity index (χ2v) is 6.79. The third-order valence-electron chi connectivity index (χ3n) is 3.26. The lowest BCUT2D eigenvalue weighted by molar-refractivity contribution is -0.141. The summed E-state index contributed by atoms with van der Waals surface area (Å²) in [5.74, 6) is 0. The molecule has 2 rings (SSSR count). The first-order valence-corrected chi connectivity index (χ1v) is 7.39. The summed E-state index contributed by atoms with van der Waals surface area (Å²) in [5, 5.41) is 18.8. The number of aliphatic hydroxyl groups is 2. The number of β-amino-alcohol motifs (C(OH)–C–C–N with tert-alkyl or cyclic N) is 1. The maximum Gasteiger partial charge on any atom is 0.433 e. The van der Waals surface area contributed by atoms with Crippen LogP contribution in [-0.4, -0.2) is 53.2 Å². The molecule has 0 radical (unpaired) electrons. The van der Waals surface area contributed by atoms with Crippen LogP contribution in [0.1, 0.15) is 12.1 Å². The summed E-state index contributed by atoms with van der Waals surface area (Å²) in [6.07, 6.45) is -3.96. The molecular formula is C11H13F3N2O4S. The Kier molecular flexibility index (Phi) is 4.00. The highest BCUT2D eigenvalue weighted by molar-refractivity contribution is 7.89. The average molecular weight is 326 g/mol. The number of aliphatic hydroxyl groups excluding tert-OH is 1. The molecule has 1 aliphatic heterocycles. The highest BCUT2D eigenvalue weighted by Gasteiger charge is 2.41. The van der Waals surface area contributed by atoms with Crippen molar-refractivity contribution < 1.29 is 31.8 Å². The fourth-order valence-electron chi connectivity index (χ4n) is 2.00. The van der Waals surface area contributed by atoms with Gasteiger partial charge in [-0.3, -0.25) is 4.98 Å². The van der Waals surface area contributed by atoms with Crippen LogP contribution in [-0.2, 0) is 16.2 Å². The number of aromatic nitrogens is 1. The number of nitrogens with zero attached hydrogens (tertiary/aromatic N) is 2. The van der Waals surface area contributed by atoms with E-state index in [1.807, 2.05) is 0 Å². The molecule has 1 saturated heterocycles. The van der Waals surface area contributed by atoms with Crippen LogP contribution in [0.25, 0.3) is 0 Å². The molecule has 0 amide bonds. The van der Waals surface area contributed by atoms with Gasteiger partial charge in [-0.05, 0) is 18.6 Å². The first-order chi connectivity index (χ1) is 9.58. The summed E-state index contributed by atoms with van der Waals surface area (Å²) in [7, 11) is -4.05. The highest BCUT2D eigenvalue weighted by Crippen LogP contribution is 2.30. The number of rotatable bonds is 3. The number of alkyl halides is 3. The van der Waals surface area contributed by atoms with E-state index in [0.717, 1.165) is 10.4 Å². The number of hydrogen-bond acceptors (Lipinski definition) is 5. The summed E-state index contributed by atoms with van der Waals surface area (Å²) >= 11 is 0. The van der Waals surface area contributed by atoms with Gasteiger partial charge in [-0.25, -0.2) is 8.42 Å². The van der Waals surface area contributed by atoms with Crippen LogP contribution in [0, 0.1) is 0 Å². The number of hydrogen-bond donors (Lipinski definition) is 2. The van der Waals surface area contributed by atoms with Gasteiger partial charge in [-0.15, -0.1) is 0 Å². The molecule has 1 fully saturated rings. The van der Waals surface area contributed by atoms with Crippen LogP contribution in [0.15, 0.2) is 23.2 Å². The number of sulfonamides is 1. The number of pyridine rings is 1. The van der Waals surface area contributed by atoms with Crippen molar-refractivity contribution in [3.05, 3.63) is 24.0 Å². The van der Waals surface area contributed by atoms with Crippen LogP contribution in [0.5, 0.6) is 0 Å². The first-order valence-electron chi connectivity index (χ1n) is 5.95. The SMILES string of the molecule is O=S(=O)(c1ccc(C(F)(F)F)nc1)N1CCC(O)(CO)C1. The lowest BCUT2D eigenvalue weighted by Gasteiger charge is -2.20. The molecule has 0 aromatic carbocycles. The lowest BCUT2D eigenvalue weighted by atomic mass is 10.1. The Bertz CT molecular complexity index is 617. The molecule has 1 atom stereocenters. The predicted octanol–water partition coefficient (Wildman–Crippen LogP) is 0.218. The molecule has 2 heterocycles. The van der Waals surface area contributed by atoms with Crippen molar-refractivity contribution >= 4 is 10.0 Å². The van der Waals surface area contributed by atoms with Gasteiger partial charge in [-0.2, -0.15) is 17.5 Å². The molecule has 10 heteroatoms. The van der Waals surface area contributed by atoms with E-state index in [1.54, 1.807) is 0 Å². The van der Waals surface area contributed by atoms with Crippen LogP contribution in [0.4, 0.5) is 13.2 Å². The monoisotopic (exact) mass is 326 g/mol. The van der Waals surface area contributed by atoms with Gasteiger partial charge in [0.05, 0.1) is 6.61 Å². The fourth-order valence-corrected chi connectivity index (χ4v) is 3.47. The van der Waals surface area contributed by atoms with Crippen molar-refractivity contribution in [3.8, 4) is 0 Å². The first kappa shape index (κ1) is 16.1. The molecule has 0 saturated carbocycles. The van der Waals surface area contributed by atoms with Crippen molar-refractivity contribution in [2.24, 2.45) is 0 Å². The zero-order valence-electron chi connectivity index (χ0n) is 10.7. The van der Waals surface area contributed by atoms with Crippen LogP contribution in [0.3, 0.4) is 0 Å². The third-order valence-corrected chi connectivity index (χ3v) is 5.08. The van der Waals surface area contributed by atoms with Crippen LogP contribution >= 0.6 is 0 Å². The molecule has 2 N–H and O–H groups in total. The van der Waals surface area contributed by atoms with Gasteiger partial charge < -0.3 is 10.2 Å². The molecule has 6 nitrogen and oxygen atoms in total. The van der Waals surface area contributed by atoms with Gasteiger partial charge >= 0.3 is 6.18 Å². The van der Waals surface area contributed by atoms with E-state index in [2.05, 4.69) is 4.98 Å². The minimum absolute atomic E-state index is 0.0274. The Morgan fingerprint density at radius 2 is 2.05 bits per heavy atom. The predicted molar refractivity (Wildman–Crippen MR) is 64.7 cm³/mol. The Morgan fingerprint density at radius 3 is 2.48 bits per heavy atom. The fraction of sp³-hybridized carbons (Fsp3) is 0.545. The van der Waals surface area contributed by atoms with E-state index in [-0.39, 0.29) is 19.5 Å². The molecule has 0 aliphatic carbocycles. The summed E-state index contributed by atoms with van der Waals surface area (Å²) < 4.78 is 62.5. The molecule has 118 valence electrons. The minimum Gasteiger partial charge on any atom is -0.393 e. The Labute approximate surface area is 118 Å². The average Bonchev–Trinajstić information content (AvgIpc) is 2.82. The summed E-state index contributed by atoms with van der Waals surface area (Å²) in [6.45, 7) is -0.933. The van der Waals surface area contributed by atoms with Gasteiger partial charge in [0.1, 0.15) is 16.2 Å². The zero-order chi connectivity index (χ0) is 15.9. The Balaban J connectivity index is 2.25. The molecule has 1 aromatic rings. The van der Waals surface area contributed by atoms with E-state index in [4.69, 9.17) is 5.11 Å². The summed E-state index contributed by atoms with van der Waals surface area (Å²) in [5.41, 5.74) is -2.71. The largest absolute Gasteiger partial charge is 0.433 e. The van der Waals surface area contributed by atoms with E-state index < -0.39 is 39.0 Å². The second kappa shape index (κ2) is 5.20. The molecule has 0 bridgehead atoms. The van der Waals surface area contributed by atoms with E-state index in [0.29, 0.717) is 12.3 Å². The van der Waals surface area contributed by atoms with Crippen molar-refractivity contribution in [3.63, 3.8) is 0 Å². The standard InChI is InChI=1S/C11H13F3N2O4S/c12-11(13,14)9-2-1-8(5-15-9)21(19,20)16-4-3-10(18,6-16)7-17/h1-2,5,17-18H,3-4,6-7H2. The van der Waals surface area contributed by atoms with Crippen molar-refractivity contribution in [2.75, 3.05) is 19.7 Å². The molecule has 1 aromatic heterocycles. The molecule has 1 aliphatic rings. The highest BCUT2D eigenvalue weighted by atomic mass is 32.2. The summed E-state index contributed by atoms with van der Waals surface area (Å²) in [6, 6.07) is 1.41. The number of halogens is 3. The van der Waals surface area contributed by atoms with Crippen LogP contribution in [0.2, 0.25) is 0 Å². The molecule has 1 unspecified atom stereocenters. The van der Waals surface area contributed by atoms with E-state index >= 15 is 0 Å². The van der Waals surface area contributed by atoms with E-state index in [9.17, 15) is 26.7 Å². The normalized spacial score (nSPS) is 24.4. The molecule has 21 heavy (non-hydrogen) atoms. The van der Waals surface area contributed by atoms with Gasteiger partial charge in [0.25, 0.3) is 0 Å². The maximum absolute atomic E-state index is 12.4. The second-order valence-electron chi connectivity index (χ2n) is 4.85. The van der Waals surface area contributed by atoms with E-state index in [1.165, 1.54) is 0 Å². The van der Waals surface area contributed by atoms with Gasteiger partial charge in [0.2, 0.25) is 10.0 Å². The van der Waals surface area contributed by atoms with Gasteiger partial charge in [-0.1, -0.05) is 0 Å². The quantitative estimate of drug-likeness (QED) is 0.829. The van der Waals surface area contributed by atoms with Gasteiger partial charge in [0.15, 0.2) is 0 Å². The van der Waals surface area contributed by atoms with Crippen molar-refractivity contribution in [2.45, 2.75) is 23.1 Å². The molecular weight excluding hydrogens is 313 g/mol. The minimum atomic E-state index is -4.65. The third kappa shape index (κ3) is 3.18. The topological polar surface area (TPSA) is 90.7 Å². The smallest absolute Gasteiger partial charge is 0.393 e.